The van der Waals surface area contributed by atoms with Gasteiger partial charge in [0.05, 0.1) is 11.5 Å². The zero-order valence-electron chi connectivity index (χ0n) is 9.42. The fourth-order valence-corrected chi connectivity index (χ4v) is 1.40. The number of carboxylic acid groups (broad SMARTS) is 1. The van der Waals surface area contributed by atoms with E-state index in [2.05, 4.69) is 0 Å². The van der Waals surface area contributed by atoms with Gasteiger partial charge in [-0.05, 0) is 32.6 Å². The third kappa shape index (κ3) is 4.09. The summed E-state index contributed by atoms with van der Waals surface area (Å²) < 4.78 is 0. The van der Waals surface area contributed by atoms with E-state index in [0.717, 1.165) is 12.8 Å². The number of aliphatic hydroxyl groups excluding tert-OH is 1. The van der Waals surface area contributed by atoms with Crippen molar-refractivity contribution in [2.75, 3.05) is 0 Å². The zero-order valence-corrected chi connectivity index (χ0v) is 9.42. The number of carboxylic acids is 1. The first-order valence-corrected chi connectivity index (χ1v) is 5.37. The lowest BCUT2D eigenvalue weighted by Gasteiger charge is -2.24. The maximum absolute atomic E-state index is 10.9. The third-order valence-corrected chi connectivity index (χ3v) is 2.95. The maximum Gasteiger partial charge on any atom is 0.309 e. The Hall–Kier alpha value is -0.570. The first-order valence-electron chi connectivity index (χ1n) is 5.37. The number of aliphatic carboxylic acids is 1. The van der Waals surface area contributed by atoms with Crippen molar-refractivity contribution >= 4 is 5.97 Å². The van der Waals surface area contributed by atoms with Gasteiger partial charge < -0.3 is 10.2 Å². The molecule has 0 aromatic rings. The topological polar surface area (TPSA) is 57.5 Å². The van der Waals surface area contributed by atoms with Crippen LogP contribution in [0.5, 0.6) is 0 Å². The highest BCUT2D eigenvalue weighted by Crippen LogP contribution is 2.28. The molecule has 0 aliphatic rings. The van der Waals surface area contributed by atoms with Crippen molar-refractivity contribution in [3.05, 3.63) is 0 Å². The van der Waals surface area contributed by atoms with Crippen LogP contribution in [0.4, 0.5) is 0 Å². The SMILES string of the molecule is CCCC(O)CCC(C)(CC)C(=O)O. The van der Waals surface area contributed by atoms with Gasteiger partial charge in [0.15, 0.2) is 0 Å². The molecule has 0 bridgehead atoms. The van der Waals surface area contributed by atoms with E-state index in [1.165, 1.54) is 0 Å². The molecule has 0 aromatic heterocycles. The van der Waals surface area contributed by atoms with E-state index in [4.69, 9.17) is 5.11 Å². The first kappa shape index (κ1) is 13.4. The van der Waals surface area contributed by atoms with Crippen LogP contribution in [0.15, 0.2) is 0 Å². The van der Waals surface area contributed by atoms with Gasteiger partial charge in [0.2, 0.25) is 0 Å². The second-order valence-electron chi connectivity index (χ2n) is 4.20. The van der Waals surface area contributed by atoms with Gasteiger partial charge in [0, 0.05) is 0 Å². The highest BCUT2D eigenvalue weighted by Gasteiger charge is 2.30. The summed E-state index contributed by atoms with van der Waals surface area (Å²) in [4.78, 5) is 10.9. The minimum absolute atomic E-state index is 0.342. The molecule has 2 N–H and O–H groups in total. The lowest BCUT2D eigenvalue weighted by molar-refractivity contribution is -0.148. The summed E-state index contributed by atoms with van der Waals surface area (Å²) in [6.45, 7) is 5.63. The lowest BCUT2D eigenvalue weighted by atomic mass is 9.82. The number of carbonyl (C=O) groups is 1. The van der Waals surface area contributed by atoms with Crippen LogP contribution in [0, 0.1) is 5.41 Å². The second kappa shape index (κ2) is 6.02. The Morgan fingerprint density at radius 3 is 2.29 bits per heavy atom. The van der Waals surface area contributed by atoms with Crippen molar-refractivity contribution in [3.8, 4) is 0 Å². The molecular weight excluding hydrogens is 180 g/mol. The Morgan fingerprint density at radius 2 is 1.93 bits per heavy atom. The van der Waals surface area contributed by atoms with Crippen LogP contribution in [0.2, 0.25) is 0 Å². The Kier molecular flexibility index (Phi) is 5.77. The highest BCUT2D eigenvalue weighted by atomic mass is 16.4. The number of hydrogen-bond acceptors (Lipinski definition) is 2. The van der Waals surface area contributed by atoms with Crippen LogP contribution in [0.25, 0.3) is 0 Å². The normalized spacial score (nSPS) is 17.4. The standard InChI is InChI=1S/C11H22O3/c1-4-6-9(12)7-8-11(3,5-2)10(13)14/h9,12H,4-8H2,1-3H3,(H,13,14). The van der Waals surface area contributed by atoms with Gasteiger partial charge in [0.1, 0.15) is 0 Å². The van der Waals surface area contributed by atoms with Gasteiger partial charge in [0.25, 0.3) is 0 Å². The zero-order chi connectivity index (χ0) is 11.2. The van der Waals surface area contributed by atoms with Crippen molar-refractivity contribution < 1.29 is 15.0 Å². The van der Waals surface area contributed by atoms with Crippen LogP contribution in [-0.2, 0) is 4.79 Å². The summed E-state index contributed by atoms with van der Waals surface area (Å²) in [5, 5.41) is 18.5. The minimum atomic E-state index is -0.760. The number of rotatable bonds is 7. The first-order chi connectivity index (χ1) is 6.46. The third-order valence-electron chi connectivity index (χ3n) is 2.95. The Labute approximate surface area is 86.1 Å². The van der Waals surface area contributed by atoms with Crippen molar-refractivity contribution in [1.82, 2.24) is 0 Å². The predicted molar refractivity (Wildman–Crippen MR) is 56.2 cm³/mol. The van der Waals surface area contributed by atoms with E-state index < -0.39 is 11.4 Å². The number of hydrogen-bond donors (Lipinski definition) is 2. The quantitative estimate of drug-likeness (QED) is 0.666. The van der Waals surface area contributed by atoms with Crippen LogP contribution >= 0.6 is 0 Å². The van der Waals surface area contributed by atoms with Crippen molar-refractivity contribution in [1.29, 1.82) is 0 Å². The van der Waals surface area contributed by atoms with Gasteiger partial charge in [-0.25, -0.2) is 0 Å². The minimum Gasteiger partial charge on any atom is -0.481 e. The van der Waals surface area contributed by atoms with Gasteiger partial charge in [-0.1, -0.05) is 20.3 Å². The predicted octanol–water partition coefficient (Wildman–Crippen LogP) is 2.43. The maximum atomic E-state index is 10.9. The summed E-state index contributed by atoms with van der Waals surface area (Å²) in [7, 11) is 0. The van der Waals surface area contributed by atoms with E-state index in [9.17, 15) is 9.90 Å². The Morgan fingerprint density at radius 1 is 1.36 bits per heavy atom. The molecule has 14 heavy (non-hydrogen) atoms. The molecule has 0 aliphatic heterocycles. The molecule has 3 heteroatoms. The average Bonchev–Trinajstić information content (AvgIpc) is 2.14. The molecule has 84 valence electrons. The molecule has 2 atom stereocenters. The molecular formula is C11H22O3. The molecule has 0 aromatic carbocycles. The van der Waals surface area contributed by atoms with Gasteiger partial charge in [-0.3, -0.25) is 4.79 Å². The molecule has 0 amide bonds. The average molecular weight is 202 g/mol. The molecule has 0 saturated carbocycles. The van der Waals surface area contributed by atoms with Crippen molar-refractivity contribution in [2.24, 2.45) is 5.41 Å². The van der Waals surface area contributed by atoms with E-state index in [1.54, 1.807) is 6.92 Å². The van der Waals surface area contributed by atoms with E-state index in [1.807, 2.05) is 13.8 Å². The number of aliphatic hydroxyl groups is 1. The summed E-state index contributed by atoms with van der Waals surface area (Å²) in [6.07, 6.45) is 3.12. The Balaban J connectivity index is 4.01. The lowest BCUT2D eigenvalue weighted by Crippen LogP contribution is -2.28. The van der Waals surface area contributed by atoms with Crippen LogP contribution in [0.3, 0.4) is 0 Å². The van der Waals surface area contributed by atoms with Gasteiger partial charge in [-0.15, -0.1) is 0 Å². The van der Waals surface area contributed by atoms with Gasteiger partial charge >= 0.3 is 5.97 Å². The second-order valence-corrected chi connectivity index (χ2v) is 4.20. The van der Waals surface area contributed by atoms with E-state index >= 15 is 0 Å². The van der Waals surface area contributed by atoms with Gasteiger partial charge in [-0.2, -0.15) is 0 Å². The molecule has 0 heterocycles. The molecule has 0 saturated heterocycles. The fourth-order valence-electron chi connectivity index (χ4n) is 1.40. The Bertz CT molecular complexity index is 179. The largest absolute Gasteiger partial charge is 0.481 e. The van der Waals surface area contributed by atoms with E-state index in [-0.39, 0.29) is 6.10 Å². The summed E-state index contributed by atoms with van der Waals surface area (Å²) in [5.74, 6) is -0.760. The molecule has 0 rings (SSSR count). The summed E-state index contributed by atoms with van der Waals surface area (Å²) >= 11 is 0. The van der Waals surface area contributed by atoms with Crippen LogP contribution in [-0.4, -0.2) is 22.3 Å². The molecule has 0 aliphatic carbocycles. The monoisotopic (exact) mass is 202 g/mol. The van der Waals surface area contributed by atoms with Crippen LogP contribution < -0.4 is 0 Å². The van der Waals surface area contributed by atoms with Crippen LogP contribution in [0.1, 0.15) is 52.9 Å². The molecule has 0 fully saturated rings. The summed E-state index contributed by atoms with van der Waals surface area (Å²) in [6, 6.07) is 0. The molecule has 3 nitrogen and oxygen atoms in total. The summed E-state index contributed by atoms with van der Waals surface area (Å²) in [5.41, 5.74) is -0.672. The molecule has 0 radical (unpaired) electrons. The van der Waals surface area contributed by atoms with Crippen molar-refractivity contribution in [2.45, 2.75) is 59.0 Å². The molecule has 0 spiro atoms. The van der Waals surface area contributed by atoms with E-state index in [0.29, 0.717) is 19.3 Å². The van der Waals surface area contributed by atoms with Crippen molar-refractivity contribution in [3.63, 3.8) is 0 Å². The molecule has 2 unspecified atom stereocenters. The smallest absolute Gasteiger partial charge is 0.309 e. The fraction of sp³-hybridized carbons (Fsp3) is 0.909. The highest BCUT2D eigenvalue weighted by molar-refractivity contribution is 5.73.